The van der Waals surface area contributed by atoms with Crippen molar-refractivity contribution in [3.63, 3.8) is 0 Å². The Morgan fingerprint density at radius 2 is 1.95 bits per heavy atom. The molecule has 0 bridgehead atoms. The van der Waals surface area contributed by atoms with E-state index in [-0.39, 0.29) is 5.91 Å². The van der Waals surface area contributed by atoms with Crippen LogP contribution in [0.5, 0.6) is 0 Å². The number of imidazole rings is 1. The van der Waals surface area contributed by atoms with Gasteiger partial charge < -0.3 is 9.47 Å². The van der Waals surface area contributed by atoms with Crippen molar-refractivity contribution in [1.29, 1.82) is 0 Å². The molecule has 5 nitrogen and oxygen atoms in total. The van der Waals surface area contributed by atoms with Crippen molar-refractivity contribution in [2.45, 2.75) is 39.2 Å². The van der Waals surface area contributed by atoms with Crippen molar-refractivity contribution in [2.75, 3.05) is 25.0 Å². The Balaban J connectivity index is 1.81. The number of fused-ring (bicyclic) bond motifs is 1. The van der Waals surface area contributed by atoms with Gasteiger partial charge in [-0.15, -0.1) is 0 Å². The van der Waals surface area contributed by atoms with Crippen LogP contribution in [0.1, 0.15) is 32.6 Å². The molecule has 1 saturated heterocycles. The van der Waals surface area contributed by atoms with E-state index < -0.39 is 0 Å². The highest BCUT2D eigenvalue weighted by molar-refractivity contribution is 5.91. The molecule has 1 aromatic heterocycles. The van der Waals surface area contributed by atoms with Crippen LogP contribution in [0.15, 0.2) is 24.3 Å². The molecule has 5 heteroatoms. The zero-order valence-electron chi connectivity index (χ0n) is 13.2. The third-order valence-corrected chi connectivity index (χ3v) is 4.32. The van der Waals surface area contributed by atoms with Gasteiger partial charge in [0.25, 0.3) is 0 Å². The number of anilines is 1. The molecule has 1 N–H and O–H groups in total. The van der Waals surface area contributed by atoms with Gasteiger partial charge in [0.15, 0.2) is 0 Å². The maximum absolute atomic E-state index is 11.7. The van der Waals surface area contributed by atoms with Crippen LogP contribution in [0.3, 0.4) is 0 Å². The number of piperidine rings is 1. The van der Waals surface area contributed by atoms with Gasteiger partial charge in [-0.1, -0.05) is 25.5 Å². The number of likely N-dealkylation sites (tertiary alicyclic amines) is 1. The first-order valence-corrected chi connectivity index (χ1v) is 8.25. The lowest BCUT2D eigenvalue weighted by Crippen LogP contribution is -2.32. The number of aromatic nitrogens is 2. The van der Waals surface area contributed by atoms with Gasteiger partial charge in [-0.05, 0) is 38.1 Å². The first-order valence-electron chi connectivity index (χ1n) is 8.25. The monoisotopic (exact) mass is 300 g/mol. The van der Waals surface area contributed by atoms with Gasteiger partial charge in [0.1, 0.15) is 0 Å². The summed E-state index contributed by atoms with van der Waals surface area (Å²) in [6.45, 7) is 6.10. The van der Waals surface area contributed by atoms with Gasteiger partial charge in [0.05, 0.1) is 11.0 Å². The van der Waals surface area contributed by atoms with E-state index in [2.05, 4.69) is 25.8 Å². The topological polar surface area (TPSA) is 50.2 Å². The van der Waals surface area contributed by atoms with Crippen LogP contribution in [0.25, 0.3) is 11.0 Å². The van der Waals surface area contributed by atoms with Crippen LogP contribution in [0.2, 0.25) is 0 Å². The third-order valence-electron chi connectivity index (χ3n) is 4.32. The molecule has 0 radical (unpaired) electrons. The second-order valence-electron chi connectivity index (χ2n) is 5.88. The number of nitrogens with one attached hydrogen (secondary N) is 1. The van der Waals surface area contributed by atoms with Crippen LogP contribution >= 0.6 is 0 Å². The summed E-state index contributed by atoms with van der Waals surface area (Å²) in [4.78, 5) is 18.8. The normalized spacial score (nSPS) is 16.0. The largest absolute Gasteiger partial charge is 0.309 e. The van der Waals surface area contributed by atoms with Gasteiger partial charge in [-0.25, -0.2) is 4.98 Å². The van der Waals surface area contributed by atoms with Crippen LogP contribution in [-0.4, -0.2) is 40.0 Å². The summed E-state index contributed by atoms with van der Waals surface area (Å²) in [5.74, 6) is 0.680. The molecule has 0 atom stereocenters. The first-order chi connectivity index (χ1) is 10.8. The minimum atomic E-state index is 0.00882. The van der Waals surface area contributed by atoms with E-state index in [1.165, 1.54) is 32.4 Å². The molecular weight excluding hydrogens is 276 g/mol. The van der Waals surface area contributed by atoms with E-state index in [0.29, 0.717) is 12.4 Å². The second-order valence-corrected chi connectivity index (χ2v) is 5.88. The van der Waals surface area contributed by atoms with Gasteiger partial charge in [0, 0.05) is 19.5 Å². The molecule has 0 saturated carbocycles. The second kappa shape index (κ2) is 6.92. The summed E-state index contributed by atoms with van der Waals surface area (Å²) in [7, 11) is 0. The number of nitrogens with zero attached hydrogens (tertiary/aromatic N) is 3. The zero-order chi connectivity index (χ0) is 15.4. The highest BCUT2D eigenvalue weighted by atomic mass is 16.1. The fraction of sp³-hybridized carbons (Fsp3) is 0.529. The lowest BCUT2D eigenvalue weighted by molar-refractivity contribution is -0.115. The number of rotatable bonds is 5. The summed E-state index contributed by atoms with van der Waals surface area (Å²) in [6.07, 6.45) is 4.41. The number of amides is 1. The molecule has 1 aromatic carbocycles. The number of para-hydroxylation sites is 2. The Bertz CT molecular complexity index is 643. The highest BCUT2D eigenvalue weighted by Crippen LogP contribution is 2.20. The molecule has 3 rings (SSSR count). The van der Waals surface area contributed by atoms with E-state index in [0.717, 1.165) is 24.1 Å². The molecule has 0 unspecified atom stereocenters. The molecule has 22 heavy (non-hydrogen) atoms. The van der Waals surface area contributed by atoms with Crippen molar-refractivity contribution >= 4 is 22.9 Å². The van der Waals surface area contributed by atoms with E-state index in [9.17, 15) is 4.79 Å². The Morgan fingerprint density at radius 1 is 1.18 bits per heavy atom. The molecule has 1 aliphatic heterocycles. The average molecular weight is 300 g/mol. The lowest BCUT2D eigenvalue weighted by atomic mass is 10.1. The molecule has 0 aliphatic carbocycles. The zero-order valence-corrected chi connectivity index (χ0v) is 13.2. The van der Waals surface area contributed by atoms with Crippen LogP contribution < -0.4 is 5.32 Å². The number of hydrogen-bond acceptors (Lipinski definition) is 3. The van der Waals surface area contributed by atoms with Crippen LogP contribution in [0, 0.1) is 0 Å². The molecule has 0 spiro atoms. The predicted octanol–water partition coefficient (Wildman–Crippen LogP) is 2.87. The van der Waals surface area contributed by atoms with Crippen molar-refractivity contribution in [1.82, 2.24) is 14.5 Å². The quantitative estimate of drug-likeness (QED) is 0.923. The van der Waals surface area contributed by atoms with E-state index in [1.54, 1.807) is 0 Å². The number of benzene rings is 1. The summed E-state index contributed by atoms with van der Waals surface area (Å²) in [5, 5.41) is 2.93. The first kappa shape index (κ1) is 15.0. The Kier molecular flexibility index (Phi) is 4.73. The van der Waals surface area contributed by atoms with Crippen molar-refractivity contribution < 1.29 is 4.79 Å². The van der Waals surface area contributed by atoms with Gasteiger partial charge >= 0.3 is 0 Å². The predicted molar refractivity (Wildman–Crippen MR) is 88.9 cm³/mol. The van der Waals surface area contributed by atoms with E-state index in [4.69, 9.17) is 0 Å². The summed E-state index contributed by atoms with van der Waals surface area (Å²) >= 11 is 0. The fourth-order valence-corrected chi connectivity index (χ4v) is 3.03. The number of hydrogen-bond donors (Lipinski definition) is 1. The van der Waals surface area contributed by atoms with E-state index in [1.807, 2.05) is 25.1 Å². The molecule has 1 aliphatic rings. The summed E-state index contributed by atoms with van der Waals surface area (Å²) in [5.41, 5.74) is 2.03. The summed E-state index contributed by atoms with van der Waals surface area (Å²) < 4.78 is 2.14. The maximum atomic E-state index is 11.7. The van der Waals surface area contributed by atoms with Crippen molar-refractivity contribution in [2.24, 2.45) is 0 Å². The van der Waals surface area contributed by atoms with E-state index >= 15 is 0 Å². The summed E-state index contributed by atoms with van der Waals surface area (Å²) in [6, 6.07) is 8.07. The molecule has 2 heterocycles. The minimum absolute atomic E-state index is 0.00882. The molecule has 1 fully saturated rings. The average Bonchev–Trinajstić information content (AvgIpc) is 2.91. The lowest BCUT2D eigenvalue weighted by Gasteiger charge is -2.26. The molecule has 118 valence electrons. The number of carbonyl (C=O) groups excluding carboxylic acids is 1. The third kappa shape index (κ3) is 3.30. The smallest absolute Gasteiger partial charge is 0.226 e. The Hall–Kier alpha value is -1.88. The van der Waals surface area contributed by atoms with Crippen molar-refractivity contribution in [3.05, 3.63) is 24.3 Å². The standard InChI is InChI=1S/C17H24N4O/c1-2-16(22)19-17-18-14-8-4-5-9-15(14)21(17)13-12-20-10-6-3-7-11-20/h4-5,8-9H,2-3,6-7,10-13H2,1H3,(H,18,19,22). The van der Waals surface area contributed by atoms with Crippen molar-refractivity contribution in [3.8, 4) is 0 Å². The van der Waals surface area contributed by atoms with Gasteiger partial charge in [-0.3, -0.25) is 10.1 Å². The molecule has 2 aromatic rings. The SMILES string of the molecule is CCC(=O)Nc1nc2ccccc2n1CCN1CCCCC1. The van der Waals surface area contributed by atoms with Gasteiger partial charge in [0.2, 0.25) is 11.9 Å². The fourth-order valence-electron chi connectivity index (χ4n) is 3.03. The maximum Gasteiger partial charge on any atom is 0.226 e. The Morgan fingerprint density at radius 3 is 2.73 bits per heavy atom. The molecular formula is C17H24N4O. The molecule has 1 amide bonds. The Labute approximate surface area is 131 Å². The van der Waals surface area contributed by atoms with Crippen LogP contribution in [-0.2, 0) is 11.3 Å². The highest BCUT2D eigenvalue weighted by Gasteiger charge is 2.15. The van der Waals surface area contributed by atoms with Crippen LogP contribution in [0.4, 0.5) is 5.95 Å². The minimum Gasteiger partial charge on any atom is -0.309 e. The number of carbonyl (C=O) groups is 1. The van der Waals surface area contributed by atoms with Gasteiger partial charge in [-0.2, -0.15) is 0 Å².